The van der Waals surface area contributed by atoms with Gasteiger partial charge in [0.2, 0.25) is 10.0 Å². The average molecular weight is 337 g/mol. The number of esters is 1. The summed E-state index contributed by atoms with van der Waals surface area (Å²) in [6, 6.07) is 3.11. The first-order valence-corrected chi connectivity index (χ1v) is 7.43. The number of hydrogen-bond donors (Lipinski definition) is 1. The Kier molecular flexibility index (Phi) is 4.92. The van der Waals surface area contributed by atoms with Gasteiger partial charge < -0.3 is 4.74 Å². The maximum atomic E-state index is 12.3. The molecule has 116 valence electrons. The van der Waals surface area contributed by atoms with Crippen LogP contribution in [-0.4, -0.2) is 32.0 Å². The standard InChI is InChI=1S/C11H13ClN2O6S/c1-11(2,10(15)20-3)13-21(18,19)9-6-7(12)4-5-8(9)14(16)17/h4-6,13H,1-3H3. The molecular formula is C11H13ClN2O6S. The molecule has 21 heavy (non-hydrogen) atoms. The van der Waals surface area contributed by atoms with Crippen LogP contribution in [0.4, 0.5) is 5.69 Å². The summed E-state index contributed by atoms with van der Waals surface area (Å²) in [5.41, 5.74) is -2.24. The molecule has 0 aliphatic heterocycles. The minimum Gasteiger partial charge on any atom is -0.468 e. The van der Waals surface area contributed by atoms with Crippen LogP contribution in [0, 0.1) is 10.1 Å². The van der Waals surface area contributed by atoms with E-state index in [2.05, 4.69) is 9.46 Å². The lowest BCUT2D eigenvalue weighted by molar-refractivity contribution is -0.387. The summed E-state index contributed by atoms with van der Waals surface area (Å²) in [5, 5.41) is 10.9. The zero-order valence-electron chi connectivity index (χ0n) is 11.4. The first-order chi connectivity index (χ1) is 9.51. The summed E-state index contributed by atoms with van der Waals surface area (Å²) in [5.74, 6) is -0.837. The number of nitrogens with zero attached hydrogens (tertiary/aromatic N) is 1. The predicted octanol–water partition coefficient (Wildman–Crippen LogP) is 1.48. The maximum Gasteiger partial charge on any atom is 0.326 e. The summed E-state index contributed by atoms with van der Waals surface area (Å²) in [7, 11) is -3.25. The summed E-state index contributed by atoms with van der Waals surface area (Å²) in [6.45, 7) is 2.54. The molecule has 0 spiro atoms. The fourth-order valence-corrected chi connectivity index (χ4v) is 3.34. The largest absolute Gasteiger partial charge is 0.468 e. The highest BCUT2D eigenvalue weighted by Crippen LogP contribution is 2.27. The van der Waals surface area contributed by atoms with E-state index in [1.54, 1.807) is 0 Å². The Morgan fingerprint density at radius 2 is 2.00 bits per heavy atom. The number of methoxy groups -OCH3 is 1. The molecule has 0 saturated carbocycles. The highest BCUT2D eigenvalue weighted by Gasteiger charge is 2.37. The molecule has 0 aliphatic rings. The van der Waals surface area contributed by atoms with Crippen molar-refractivity contribution >= 4 is 33.3 Å². The highest BCUT2D eigenvalue weighted by molar-refractivity contribution is 7.89. The second-order valence-electron chi connectivity index (χ2n) is 4.59. The van der Waals surface area contributed by atoms with E-state index < -0.39 is 37.0 Å². The van der Waals surface area contributed by atoms with Gasteiger partial charge in [0.1, 0.15) is 5.54 Å². The number of ether oxygens (including phenoxy) is 1. The first kappa shape index (κ1) is 17.3. The second kappa shape index (κ2) is 5.96. The maximum absolute atomic E-state index is 12.3. The topological polar surface area (TPSA) is 116 Å². The molecule has 0 fully saturated rings. The van der Waals surface area contributed by atoms with E-state index in [0.717, 1.165) is 19.2 Å². The molecule has 8 nitrogen and oxygen atoms in total. The van der Waals surface area contributed by atoms with Crippen molar-refractivity contribution in [1.82, 2.24) is 4.72 Å². The van der Waals surface area contributed by atoms with Crippen LogP contribution in [0.15, 0.2) is 23.1 Å². The van der Waals surface area contributed by atoms with E-state index in [1.165, 1.54) is 19.9 Å². The van der Waals surface area contributed by atoms with E-state index in [9.17, 15) is 23.3 Å². The molecular weight excluding hydrogens is 324 g/mol. The third kappa shape index (κ3) is 3.90. The van der Waals surface area contributed by atoms with E-state index in [1.807, 2.05) is 0 Å². The number of nitro groups is 1. The van der Waals surface area contributed by atoms with Crippen LogP contribution in [0.1, 0.15) is 13.8 Å². The Morgan fingerprint density at radius 3 is 2.48 bits per heavy atom. The molecule has 0 aromatic heterocycles. The van der Waals surface area contributed by atoms with Crippen molar-refractivity contribution in [2.45, 2.75) is 24.3 Å². The summed E-state index contributed by atoms with van der Waals surface area (Å²) in [6.07, 6.45) is 0. The predicted molar refractivity (Wildman–Crippen MR) is 74.5 cm³/mol. The molecule has 1 aromatic carbocycles. The van der Waals surface area contributed by atoms with Crippen LogP contribution in [0.3, 0.4) is 0 Å². The molecule has 1 rings (SSSR count). The van der Waals surface area contributed by atoms with Crippen LogP contribution in [0.2, 0.25) is 5.02 Å². The highest BCUT2D eigenvalue weighted by atomic mass is 35.5. The number of carbonyl (C=O) groups is 1. The third-order valence-electron chi connectivity index (χ3n) is 2.49. The van der Waals surface area contributed by atoms with Gasteiger partial charge in [-0.05, 0) is 26.0 Å². The van der Waals surface area contributed by atoms with Crippen molar-refractivity contribution in [1.29, 1.82) is 0 Å². The number of nitro benzene ring substituents is 1. The molecule has 0 atom stereocenters. The van der Waals surface area contributed by atoms with Crippen molar-refractivity contribution in [2.75, 3.05) is 7.11 Å². The molecule has 1 aromatic rings. The van der Waals surface area contributed by atoms with E-state index in [0.29, 0.717) is 0 Å². The summed E-state index contributed by atoms with van der Waals surface area (Å²) in [4.78, 5) is 21.0. The van der Waals surface area contributed by atoms with Gasteiger partial charge in [-0.2, -0.15) is 4.72 Å². The number of carbonyl (C=O) groups excluding carboxylic acids is 1. The molecule has 0 aliphatic carbocycles. The summed E-state index contributed by atoms with van der Waals surface area (Å²) < 4.78 is 31.1. The zero-order chi connectivity index (χ0) is 16.4. The fourth-order valence-electron chi connectivity index (χ4n) is 1.54. The van der Waals surface area contributed by atoms with Crippen LogP contribution in [-0.2, 0) is 19.6 Å². The van der Waals surface area contributed by atoms with Crippen molar-refractivity contribution in [3.63, 3.8) is 0 Å². The third-order valence-corrected chi connectivity index (χ3v) is 4.41. The molecule has 0 heterocycles. The van der Waals surface area contributed by atoms with Gasteiger partial charge in [0, 0.05) is 11.1 Å². The van der Waals surface area contributed by atoms with Crippen molar-refractivity contribution in [2.24, 2.45) is 0 Å². The van der Waals surface area contributed by atoms with Crippen LogP contribution in [0.5, 0.6) is 0 Å². The van der Waals surface area contributed by atoms with Crippen molar-refractivity contribution in [3.05, 3.63) is 33.3 Å². The monoisotopic (exact) mass is 336 g/mol. The van der Waals surface area contributed by atoms with Crippen LogP contribution >= 0.6 is 11.6 Å². The quantitative estimate of drug-likeness (QED) is 0.494. The number of sulfonamides is 1. The Bertz CT molecular complexity index is 686. The average Bonchev–Trinajstić information content (AvgIpc) is 2.36. The Balaban J connectivity index is 3.35. The fraction of sp³-hybridized carbons (Fsp3) is 0.364. The molecule has 10 heteroatoms. The SMILES string of the molecule is COC(=O)C(C)(C)NS(=O)(=O)c1cc(Cl)ccc1[N+](=O)[O-]. The van der Waals surface area contributed by atoms with Crippen molar-refractivity contribution < 1.29 is 22.9 Å². The normalized spacial score (nSPS) is 12.0. The lowest BCUT2D eigenvalue weighted by Crippen LogP contribution is -2.50. The van der Waals surface area contributed by atoms with Gasteiger partial charge in [-0.25, -0.2) is 8.42 Å². The minimum atomic E-state index is -4.35. The van der Waals surface area contributed by atoms with Gasteiger partial charge in [0.25, 0.3) is 5.69 Å². The van der Waals surface area contributed by atoms with Gasteiger partial charge in [0.15, 0.2) is 4.90 Å². The molecule has 1 N–H and O–H groups in total. The summed E-state index contributed by atoms with van der Waals surface area (Å²) >= 11 is 5.68. The van der Waals surface area contributed by atoms with Gasteiger partial charge in [0.05, 0.1) is 12.0 Å². The number of hydrogen-bond acceptors (Lipinski definition) is 6. The lowest BCUT2D eigenvalue weighted by Gasteiger charge is -2.22. The number of rotatable bonds is 5. The Labute approximate surface area is 126 Å². The Hall–Kier alpha value is -1.71. The van der Waals surface area contributed by atoms with Gasteiger partial charge in [-0.1, -0.05) is 11.6 Å². The molecule has 0 radical (unpaired) electrons. The van der Waals surface area contributed by atoms with E-state index in [-0.39, 0.29) is 5.02 Å². The van der Waals surface area contributed by atoms with Crippen LogP contribution < -0.4 is 4.72 Å². The molecule has 0 saturated heterocycles. The van der Waals surface area contributed by atoms with Gasteiger partial charge in [-0.3, -0.25) is 14.9 Å². The first-order valence-electron chi connectivity index (χ1n) is 5.57. The lowest BCUT2D eigenvalue weighted by atomic mass is 10.1. The number of benzene rings is 1. The zero-order valence-corrected chi connectivity index (χ0v) is 13.0. The smallest absolute Gasteiger partial charge is 0.326 e. The molecule has 0 amide bonds. The number of nitrogens with one attached hydrogen (secondary N) is 1. The second-order valence-corrected chi connectivity index (χ2v) is 6.68. The van der Waals surface area contributed by atoms with E-state index >= 15 is 0 Å². The molecule has 0 bridgehead atoms. The van der Waals surface area contributed by atoms with Crippen LogP contribution in [0.25, 0.3) is 0 Å². The van der Waals surface area contributed by atoms with Gasteiger partial charge >= 0.3 is 5.97 Å². The number of halogens is 1. The van der Waals surface area contributed by atoms with Gasteiger partial charge in [-0.15, -0.1) is 0 Å². The molecule has 0 unspecified atom stereocenters. The minimum absolute atomic E-state index is 0.0110. The van der Waals surface area contributed by atoms with E-state index in [4.69, 9.17) is 11.6 Å². The Morgan fingerprint density at radius 1 is 1.43 bits per heavy atom. The van der Waals surface area contributed by atoms with Crippen molar-refractivity contribution in [3.8, 4) is 0 Å².